The van der Waals surface area contributed by atoms with Gasteiger partial charge >= 0.3 is 6.03 Å². The van der Waals surface area contributed by atoms with Crippen LogP contribution in [0.5, 0.6) is 0 Å². The van der Waals surface area contributed by atoms with E-state index < -0.39 is 0 Å². The van der Waals surface area contributed by atoms with Gasteiger partial charge in [-0.15, -0.1) is 0 Å². The molecule has 0 aliphatic heterocycles. The molecule has 5 rings (SSSR count). The first-order valence-corrected chi connectivity index (χ1v) is 12.9. The molecule has 5 N–H and O–H groups in total. The van der Waals surface area contributed by atoms with E-state index in [9.17, 15) is 4.79 Å². The van der Waals surface area contributed by atoms with E-state index in [0.717, 1.165) is 71.1 Å². The fraction of sp³-hybridized carbons (Fsp3) is 0.357. The minimum Gasteiger partial charge on any atom is -0.351 e. The molecule has 4 aromatic rings. The highest BCUT2D eigenvalue weighted by atomic mass is 16.2. The number of benzene rings is 2. The van der Waals surface area contributed by atoms with Gasteiger partial charge in [-0.2, -0.15) is 5.10 Å². The van der Waals surface area contributed by atoms with Crippen LogP contribution in [-0.2, 0) is 13.5 Å². The summed E-state index contributed by atoms with van der Waals surface area (Å²) in [4.78, 5) is 22.0. The third kappa shape index (κ3) is 5.72. The van der Waals surface area contributed by atoms with Crippen LogP contribution in [-0.4, -0.2) is 37.9 Å². The van der Waals surface area contributed by atoms with Crippen molar-refractivity contribution >= 4 is 34.4 Å². The summed E-state index contributed by atoms with van der Waals surface area (Å²) >= 11 is 0. The van der Waals surface area contributed by atoms with E-state index in [1.807, 2.05) is 50.5 Å². The van der Waals surface area contributed by atoms with Gasteiger partial charge in [-0.1, -0.05) is 19.1 Å². The van der Waals surface area contributed by atoms with Gasteiger partial charge in [0.05, 0.1) is 11.2 Å². The maximum Gasteiger partial charge on any atom is 0.324 e. The van der Waals surface area contributed by atoms with Crippen LogP contribution < -0.4 is 21.7 Å². The summed E-state index contributed by atoms with van der Waals surface area (Å²) < 4.78 is 1.77. The van der Waals surface area contributed by atoms with Crippen LogP contribution in [0, 0.1) is 6.92 Å². The highest BCUT2D eigenvalue weighted by Gasteiger charge is 2.20. The molecule has 9 heteroatoms. The molecule has 2 aromatic carbocycles. The number of hydrogen-bond donors (Lipinski definition) is 4. The summed E-state index contributed by atoms with van der Waals surface area (Å²) in [6, 6.07) is 14.1. The third-order valence-electron chi connectivity index (χ3n) is 6.94. The Labute approximate surface area is 216 Å². The number of hydrogen-bond acceptors (Lipinski definition) is 6. The van der Waals surface area contributed by atoms with Gasteiger partial charge in [0.25, 0.3) is 0 Å². The molecule has 0 spiro atoms. The second kappa shape index (κ2) is 10.6. The first kappa shape index (κ1) is 24.7. The van der Waals surface area contributed by atoms with Crippen LogP contribution in [0.2, 0.25) is 0 Å². The number of carbonyl (C=O) groups is 1. The van der Waals surface area contributed by atoms with E-state index in [1.54, 1.807) is 4.68 Å². The van der Waals surface area contributed by atoms with E-state index in [2.05, 4.69) is 45.1 Å². The fourth-order valence-electron chi connectivity index (χ4n) is 4.95. The number of nitrogens with two attached hydrogens (primary N) is 1. The summed E-state index contributed by atoms with van der Waals surface area (Å²) in [5, 5.41) is 14.7. The largest absolute Gasteiger partial charge is 0.351 e. The van der Waals surface area contributed by atoms with Gasteiger partial charge in [-0.3, -0.25) is 10.00 Å². The Kier molecular flexibility index (Phi) is 7.05. The average Bonchev–Trinajstić information content (AvgIpc) is 3.24. The molecule has 1 aliphatic carbocycles. The molecule has 1 aliphatic rings. The number of urea groups is 1. The van der Waals surface area contributed by atoms with Gasteiger partial charge in [0.2, 0.25) is 5.95 Å². The Bertz CT molecular complexity index is 1420. The van der Waals surface area contributed by atoms with Crippen molar-refractivity contribution in [3.05, 3.63) is 59.8 Å². The molecular weight excluding hydrogens is 464 g/mol. The standard InChI is InChI=1S/C28H34N8O/c1-4-18-13-19(14-20-16-30-27(34-26(18)20)31-22-10-8-21(29)9-11-22)24-15-25(35-36(24)3)33-28(37)32-23-7-5-6-17(2)12-23/h5-7,12-16,21-22H,4,8-11,29H2,1-3H3,(H,30,31,34)(H2,32,33,35,37). The van der Waals surface area contributed by atoms with E-state index >= 15 is 0 Å². The van der Waals surface area contributed by atoms with Gasteiger partial charge in [-0.25, -0.2) is 14.8 Å². The lowest BCUT2D eigenvalue weighted by molar-refractivity contribution is 0.262. The molecule has 0 atom stereocenters. The van der Waals surface area contributed by atoms with Crippen molar-refractivity contribution in [1.82, 2.24) is 19.7 Å². The molecule has 0 radical (unpaired) electrons. The molecule has 2 amide bonds. The topological polar surface area (TPSA) is 123 Å². The van der Waals surface area contributed by atoms with Gasteiger partial charge in [-0.05, 0) is 74.4 Å². The molecule has 1 saturated carbocycles. The number of carbonyl (C=O) groups excluding carboxylic acids is 1. The molecule has 2 aromatic heterocycles. The van der Waals surface area contributed by atoms with Crippen LogP contribution in [0.1, 0.15) is 43.7 Å². The van der Waals surface area contributed by atoms with E-state index in [4.69, 9.17) is 10.7 Å². The SMILES string of the molecule is CCc1cc(-c2cc(NC(=O)Nc3cccc(C)c3)nn2C)cc2cnc(NC3CCC(N)CC3)nc12. The Balaban J connectivity index is 1.35. The van der Waals surface area contributed by atoms with Crippen molar-refractivity contribution in [1.29, 1.82) is 0 Å². The minimum atomic E-state index is -0.337. The third-order valence-corrected chi connectivity index (χ3v) is 6.94. The Morgan fingerprint density at radius 3 is 2.68 bits per heavy atom. The first-order valence-electron chi connectivity index (χ1n) is 12.9. The predicted octanol–water partition coefficient (Wildman–Crippen LogP) is 5.23. The number of anilines is 3. The van der Waals surface area contributed by atoms with Crippen molar-refractivity contribution in [2.24, 2.45) is 12.8 Å². The van der Waals surface area contributed by atoms with Crippen LogP contribution in [0.25, 0.3) is 22.2 Å². The van der Waals surface area contributed by atoms with Crippen LogP contribution in [0.4, 0.5) is 22.2 Å². The predicted molar refractivity (Wildman–Crippen MR) is 149 cm³/mol. The zero-order valence-corrected chi connectivity index (χ0v) is 21.6. The summed E-state index contributed by atoms with van der Waals surface area (Å²) in [5.74, 6) is 1.14. The number of rotatable bonds is 6. The van der Waals surface area contributed by atoms with Crippen molar-refractivity contribution in [3.63, 3.8) is 0 Å². The van der Waals surface area contributed by atoms with E-state index in [0.29, 0.717) is 23.8 Å². The first-order chi connectivity index (χ1) is 17.9. The Hall–Kier alpha value is -3.98. The molecule has 0 saturated heterocycles. The number of nitrogens with zero attached hydrogens (tertiary/aromatic N) is 4. The molecule has 1 fully saturated rings. The van der Waals surface area contributed by atoms with Gasteiger partial charge in [0.1, 0.15) is 0 Å². The van der Waals surface area contributed by atoms with Crippen molar-refractivity contribution in [3.8, 4) is 11.3 Å². The maximum atomic E-state index is 12.5. The summed E-state index contributed by atoms with van der Waals surface area (Å²) in [7, 11) is 1.87. The zero-order chi connectivity index (χ0) is 25.9. The highest BCUT2D eigenvalue weighted by molar-refractivity contribution is 5.99. The summed E-state index contributed by atoms with van der Waals surface area (Å²) in [6.07, 6.45) is 6.87. The van der Waals surface area contributed by atoms with Crippen LogP contribution in [0.15, 0.2) is 48.7 Å². The van der Waals surface area contributed by atoms with Gasteiger partial charge < -0.3 is 16.4 Å². The maximum absolute atomic E-state index is 12.5. The lowest BCUT2D eigenvalue weighted by atomic mass is 9.92. The van der Waals surface area contributed by atoms with Crippen molar-refractivity contribution < 1.29 is 4.79 Å². The summed E-state index contributed by atoms with van der Waals surface area (Å²) in [5.41, 5.74) is 11.8. The lowest BCUT2D eigenvalue weighted by Gasteiger charge is -2.26. The second-order valence-corrected chi connectivity index (χ2v) is 9.86. The average molecular weight is 499 g/mol. The quantitative estimate of drug-likeness (QED) is 0.289. The number of fused-ring (bicyclic) bond motifs is 1. The van der Waals surface area contributed by atoms with Crippen molar-refractivity contribution in [2.75, 3.05) is 16.0 Å². The molecule has 0 bridgehead atoms. The number of aryl methyl sites for hydroxylation is 3. The smallest absolute Gasteiger partial charge is 0.324 e. The van der Waals surface area contributed by atoms with E-state index in [-0.39, 0.29) is 6.03 Å². The van der Waals surface area contributed by atoms with Crippen molar-refractivity contribution in [2.45, 2.75) is 58.0 Å². The molecular formula is C28H34N8O. The van der Waals surface area contributed by atoms with Crippen LogP contribution in [0.3, 0.4) is 0 Å². The summed E-state index contributed by atoms with van der Waals surface area (Å²) in [6.45, 7) is 4.11. The normalized spacial score (nSPS) is 17.5. The molecule has 37 heavy (non-hydrogen) atoms. The number of amides is 2. The van der Waals surface area contributed by atoms with E-state index in [1.165, 1.54) is 0 Å². The number of aromatic nitrogens is 4. The Morgan fingerprint density at radius 1 is 1.11 bits per heavy atom. The van der Waals surface area contributed by atoms with Gasteiger partial charge in [0, 0.05) is 48.0 Å². The molecule has 0 unspecified atom stereocenters. The number of nitrogens with one attached hydrogen (secondary N) is 3. The highest BCUT2D eigenvalue weighted by Crippen LogP contribution is 2.29. The lowest BCUT2D eigenvalue weighted by Crippen LogP contribution is -2.33. The Morgan fingerprint density at radius 2 is 1.92 bits per heavy atom. The van der Waals surface area contributed by atoms with Gasteiger partial charge in [0.15, 0.2) is 5.82 Å². The minimum absolute atomic E-state index is 0.311. The monoisotopic (exact) mass is 498 g/mol. The zero-order valence-electron chi connectivity index (χ0n) is 21.6. The molecule has 2 heterocycles. The van der Waals surface area contributed by atoms with Crippen LogP contribution >= 0.6 is 0 Å². The molecule has 192 valence electrons. The fourth-order valence-corrected chi connectivity index (χ4v) is 4.95. The second-order valence-electron chi connectivity index (χ2n) is 9.86. The molecule has 9 nitrogen and oxygen atoms in total.